The van der Waals surface area contributed by atoms with Gasteiger partial charge in [-0.3, -0.25) is 0 Å². The first-order chi connectivity index (χ1) is 7.84. The van der Waals surface area contributed by atoms with Crippen LogP contribution < -0.4 is 5.32 Å². The lowest BCUT2D eigenvalue weighted by atomic mass is 10.0. The van der Waals surface area contributed by atoms with Gasteiger partial charge in [-0.15, -0.1) is 0 Å². The molecule has 1 aromatic rings. The summed E-state index contributed by atoms with van der Waals surface area (Å²) in [4.78, 5) is 0. The Kier molecular flexibility index (Phi) is 2.56. The average Bonchev–Trinajstić information content (AvgIpc) is 2.90. The number of fused-ring (bicyclic) bond motifs is 1. The highest BCUT2D eigenvalue weighted by molar-refractivity contribution is 5.40. The van der Waals surface area contributed by atoms with Crippen LogP contribution >= 0.6 is 0 Å². The molecule has 0 bridgehead atoms. The number of benzene rings is 1. The molecule has 0 aliphatic heterocycles. The van der Waals surface area contributed by atoms with Crippen LogP contribution in [0.3, 0.4) is 0 Å². The van der Waals surface area contributed by atoms with Crippen molar-refractivity contribution in [3.05, 3.63) is 47.0 Å². The van der Waals surface area contributed by atoms with Crippen molar-refractivity contribution < 1.29 is 0 Å². The standard InChI is InChI=1S/C15H19N/c1-11-5-4-8-14-13(11)9-10-15(14)16-12-6-2-3-7-12/h2-5,8,12,15-16H,6-7,9-10H2,1H3. The SMILES string of the molecule is Cc1cccc2c1CCC2NC1CC=CC1. The minimum atomic E-state index is 0.597. The summed E-state index contributed by atoms with van der Waals surface area (Å²) in [5, 5.41) is 3.80. The molecule has 84 valence electrons. The minimum Gasteiger partial charge on any atom is -0.307 e. The summed E-state index contributed by atoms with van der Waals surface area (Å²) >= 11 is 0. The molecular formula is C15H19N. The third-order valence-electron chi connectivity index (χ3n) is 3.95. The predicted molar refractivity (Wildman–Crippen MR) is 67.5 cm³/mol. The Balaban J connectivity index is 1.78. The Morgan fingerprint density at radius 1 is 1.19 bits per heavy atom. The third-order valence-corrected chi connectivity index (χ3v) is 3.95. The largest absolute Gasteiger partial charge is 0.307 e. The summed E-state index contributed by atoms with van der Waals surface area (Å²) in [5.74, 6) is 0. The van der Waals surface area contributed by atoms with Crippen molar-refractivity contribution in [1.82, 2.24) is 5.32 Å². The second-order valence-electron chi connectivity index (χ2n) is 5.04. The van der Waals surface area contributed by atoms with Crippen molar-refractivity contribution in [2.75, 3.05) is 0 Å². The van der Waals surface area contributed by atoms with E-state index in [0.29, 0.717) is 12.1 Å². The van der Waals surface area contributed by atoms with Crippen molar-refractivity contribution in [3.8, 4) is 0 Å². The molecule has 1 nitrogen and oxygen atoms in total. The van der Waals surface area contributed by atoms with E-state index in [1.54, 1.807) is 11.1 Å². The highest BCUT2D eigenvalue weighted by Gasteiger charge is 2.25. The van der Waals surface area contributed by atoms with Crippen LogP contribution in [0.1, 0.15) is 42.0 Å². The van der Waals surface area contributed by atoms with Crippen molar-refractivity contribution in [2.45, 2.75) is 44.7 Å². The fourth-order valence-electron chi connectivity index (χ4n) is 3.05. The van der Waals surface area contributed by atoms with Crippen LogP contribution in [0.15, 0.2) is 30.4 Å². The molecule has 0 radical (unpaired) electrons. The van der Waals surface area contributed by atoms with E-state index in [0.717, 1.165) is 0 Å². The van der Waals surface area contributed by atoms with Gasteiger partial charge in [0.05, 0.1) is 0 Å². The fourth-order valence-corrected chi connectivity index (χ4v) is 3.05. The zero-order valence-electron chi connectivity index (χ0n) is 9.87. The summed E-state index contributed by atoms with van der Waals surface area (Å²) in [6.07, 6.45) is 9.53. The molecule has 1 atom stereocenters. The highest BCUT2D eigenvalue weighted by atomic mass is 15.0. The summed E-state index contributed by atoms with van der Waals surface area (Å²) in [6, 6.07) is 8.01. The Morgan fingerprint density at radius 2 is 2.00 bits per heavy atom. The number of hydrogen-bond acceptors (Lipinski definition) is 1. The summed E-state index contributed by atoms with van der Waals surface area (Å²) in [7, 11) is 0. The highest BCUT2D eigenvalue weighted by Crippen LogP contribution is 2.34. The maximum absolute atomic E-state index is 3.80. The van der Waals surface area contributed by atoms with Gasteiger partial charge in [-0.25, -0.2) is 0 Å². The van der Waals surface area contributed by atoms with Gasteiger partial charge in [0.2, 0.25) is 0 Å². The van der Waals surface area contributed by atoms with Gasteiger partial charge in [-0.2, -0.15) is 0 Å². The van der Waals surface area contributed by atoms with Crippen LogP contribution in [0.4, 0.5) is 0 Å². The van der Waals surface area contributed by atoms with Crippen molar-refractivity contribution in [2.24, 2.45) is 0 Å². The second-order valence-corrected chi connectivity index (χ2v) is 5.04. The number of aryl methyl sites for hydroxylation is 1. The van der Waals surface area contributed by atoms with E-state index in [2.05, 4.69) is 42.6 Å². The minimum absolute atomic E-state index is 0.597. The predicted octanol–water partition coefficient (Wildman–Crippen LogP) is 3.29. The van der Waals surface area contributed by atoms with Gasteiger partial charge < -0.3 is 5.32 Å². The van der Waals surface area contributed by atoms with Gasteiger partial charge in [0.25, 0.3) is 0 Å². The number of hydrogen-bond donors (Lipinski definition) is 1. The summed E-state index contributed by atoms with van der Waals surface area (Å²) < 4.78 is 0. The Morgan fingerprint density at radius 3 is 2.81 bits per heavy atom. The average molecular weight is 213 g/mol. The van der Waals surface area contributed by atoms with Gasteiger partial charge in [0.15, 0.2) is 0 Å². The van der Waals surface area contributed by atoms with Crippen molar-refractivity contribution in [1.29, 1.82) is 0 Å². The van der Waals surface area contributed by atoms with Crippen LogP contribution in [0.5, 0.6) is 0 Å². The topological polar surface area (TPSA) is 12.0 Å². The quantitative estimate of drug-likeness (QED) is 0.743. The number of nitrogens with one attached hydrogen (secondary N) is 1. The van der Waals surface area contributed by atoms with Crippen LogP contribution in [-0.2, 0) is 6.42 Å². The third kappa shape index (κ3) is 1.69. The van der Waals surface area contributed by atoms with Crippen molar-refractivity contribution in [3.63, 3.8) is 0 Å². The van der Waals surface area contributed by atoms with E-state index >= 15 is 0 Å². The molecule has 0 saturated carbocycles. The van der Waals surface area contributed by atoms with Crippen LogP contribution in [0.25, 0.3) is 0 Å². The first-order valence-corrected chi connectivity index (χ1v) is 6.34. The van der Waals surface area contributed by atoms with E-state index in [1.807, 2.05) is 0 Å². The van der Waals surface area contributed by atoms with E-state index < -0.39 is 0 Å². The molecule has 2 aliphatic rings. The lowest BCUT2D eigenvalue weighted by molar-refractivity contribution is 0.446. The second kappa shape index (κ2) is 4.06. The molecule has 1 aromatic carbocycles. The Labute approximate surface area is 97.6 Å². The fraction of sp³-hybridized carbons (Fsp3) is 0.467. The zero-order valence-corrected chi connectivity index (χ0v) is 9.87. The van der Waals surface area contributed by atoms with Crippen LogP contribution in [-0.4, -0.2) is 6.04 Å². The molecule has 0 aromatic heterocycles. The maximum Gasteiger partial charge on any atom is 0.0328 e. The van der Waals surface area contributed by atoms with E-state index in [-0.39, 0.29) is 0 Å². The molecule has 0 heterocycles. The first kappa shape index (κ1) is 10.1. The molecule has 16 heavy (non-hydrogen) atoms. The molecule has 1 N–H and O–H groups in total. The Hall–Kier alpha value is -1.08. The smallest absolute Gasteiger partial charge is 0.0328 e. The van der Waals surface area contributed by atoms with E-state index in [9.17, 15) is 0 Å². The Bertz CT molecular complexity index is 411. The molecule has 0 amide bonds. The first-order valence-electron chi connectivity index (χ1n) is 6.34. The number of rotatable bonds is 2. The van der Waals surface area contributed by atoms with Crippen LogP contribution in [0, 0.1) is 6.92 Å². The van der Waals surface area contributed by atoms with Crippen molar-refractivity contribution >= 4 is 0 Å². The lowest BCUT2D eigenvalue weighted by Crippen LogP contribution is -2.29. The van der Waals surface area contributed by atoms with Gasteiger partial charge in [0.1, 0.15) is 0 Å². The van der Waals surface area contributed by atoms with Gasteiger partial charge >= 0.3 is 0 Å². The monoisotopic (exact) mass is 213 g/mol. The molecule has 3 rings (SSSR count). The van der Waals surface area contributed by atoms with E-state index in [1.165, 1.54) is 31.2 Å². The van der Waals surface area contributed by atoms with Gasteiger partial charge in [-0.1, -0.05) is 30.4 Å². The van der Waals surface area contributed by atoms with Gasteiger partial charge in [0, 0.05) is 12.1 Å². The molecule has 1 heteroatoms. The normalized spacial score (nSPS) is 23.9. The molecule has 2 aliphatic carbocycles. The maximum atomic E-state index is 3.80. The van der Waals surface area contributed by atoms with Crippen LogP contribution in [0.2, 0.25) is 0 Å². The molecule has 0 saturated heterocycles. The van der Waals surface area contributed by atoms with Gasteiger partial charge in [-0.05, 0) is 49.3 Å². The van der Waals surface area contributed by atoms with E-state index in [4.69, 9.17) is 0 Å². The molecule has 0 fully saturated rings. The molecular weight excluding hydrogens is 194 g/mol. The summed E-state index contributed by atoms with van der Waals surface area (Å²) in [6.45, 7) is 2.23. The molecule has 0 spiro atoms. The summed E-state index contributed by atoms with van der Waals surface area (Å²) in [5.41, 5.74) is 4.60. The lowest BCUT2D eigenvalue weighted by Gasteiger charge is -2.19. The molecule has 1 unspecified atom stereocenters. The zero-order chi connectivity index (χ0) is 11.0.